The molecular weight excluding hydrogens is 278 g/mol. The van der Waals surface area contributed by atoms with E-state index in [0.29, 0.717) is 12.2 Å². The number of carbonyl (C=O) groups is 1. The summed E-state index contributed by atoms with van der Waals surface area (Å²) in [5.74, 6) is 0.0481. The Morgan fingerprint density at radius 1 is 1.27 bits per heavy atom. The third kappa shape index (κ3) is 1.99. The normalized spacial score (nSPS) is 18.2. The predicted molar refractivity (Wildman–Crippen MR) is 82.5 cm³/mol. The zero-order chi connectivity index (χ0) is 15.1. The van der Waals surface area contributed by atoms with Crippen LogP contribution in [0.3, 0.4) is 0 Å². The van der Waals surface area contributed by atoms with Crippen molar-refractivity contribution in [3.8, 4) is 0 Å². The van der Waals surface area contributed by atoms with Crippen LogP contribution in [0.25, 0.3) is 11.0 Å². The molecule has 0 saturated carbocycles. The molecule has 0 bridgehead atoms. The van der Waals surface area contributed by atoms with Crippen molar-refractivity contribution in [3.63, 3.8) is 0 Å². The Labute approximate surface area is 128 Å². The van der Waals surface area contributed by atoms with Gasteiger partial charge in [-0.2, -0.15) is 5.10 Å². The topological polar surface area (TPSA) is 56.0 Å². The molecule has 22 heavy (non-hydrogen) atoms. The van der Waals surface area contributed by atoms with Crippen LogP contribution in [0.1, 0.15) is 23.0 Å². The number of aryl methyl sites for hydroxylation is 1. The molecule has 112 valence electrons. The molecule has 1 unspecified atom stereocenters. The molecule has 0 radical (unpaired) electrons. The predicted octanol–water partition coefficient (Wildman–Crippen LogP) is 1.86. The Morgan fingerprint density at radius 3 is 2.95 bits per heavy atom. The smallest absolute Gasteiger partial charge is 0.272 e. The number of nitrogens with zero attached hydrogens (tertiary/aromatic N) is 5. The third-order valence-electron chi connectivity index (χ3n) is 4.37. The maximum Gasteiger partial charge on any atom is 0.272 e. The average molecular weight is 295 g/mol. The quantitative estimate of drug-likeness (QED) is 0.725. The summed E-state index contributed by atoms with van der Waals surface area (Å²) in [6, 6.07) is 10.2. The van der Waals surface area contributed by atoms with Crippen LogP contribution in [-0.4, -0.2) is 43.2 Å². The van der Waals surface area contributed by atoms with Crippen molar-refractivity contribution >= 4 is 16.9 Å². The van der Waals surface area contributed by atoms with Gasteiger partial charge in [-0.3, -0.25) is 9.48 Å². The van der Waals surface area contributed by atoms with Gasteiger partial charge in [0.25, 0.3) is 5.91 Å². The highest BCUT2D eigenvalue weighted by molar-refractivity contribution is 5.92. The number of likely N-dealkylation sites (tertiary alicyclic amines) is 1. The van der Waals surface area contributed by atoms with Gasteiger partial charge >= 0.3 is 0 Å². The highest BCUT2D eigenvalue weighted by atomic mass is 16.2. The van der Waals surface area contributed by atoms with E-state index in [1.807, 2.05) is 29.4 Å². The second-order valence-corrected chi connectivity index (χ2v) is 5.67. The number of hydrogen-bond donors (Lipinski definition) is 0. The first-order chi connectivity index (χ1) is 10.7. The van der Waals surface area contributed by atoms with Gasteiger partial charge < -0.3 is 9.47 Å². The summed E-state index contributed by atoms with van der Waals surface area (Å²) in [6.45, 7) is 1.48. The molecule has 1 aliphatic rings. The Kier molecular flexibility index (Phi) is 2.96. The van der Waals surface area contributed by atoms with Gasteiger partial charge in [0, 0.05) is 26.3 Å². The summed E-state index contributed by atoms with van der Waals surface area (Å²) in [7, 11) is 1.80. The van der Waals surface area contributed by atoms with Crippen molar-refractivity contribution < 1.29 is 4.79 Å². The van der Waals surface area contributed by atoms with Crippen LogP contribution in [0.2, 0.25) is 0 Å². The number of carbonyl (C=O) groups excluding carboxylic acids is 1. The maximum atomic E-state index is 12.5. The van der Waals surface area contributed by atoms with Gasteiger partial charge in [-0.25, -0.2) is 4.98 Å². The van der Waals surface area contributed by atoms with Gasteiger partial charge in [-0.15, -0.1) is 0 Å². The fraction of sp³-hybridized carbons (Fsp3) is 0.312. The molecule has 1 aromatic carbocycles. The lowest BCUT2D eigenvalue weighted by Gasteiger charge is -2.17. The fourth-order valence-corrected chi connectivity index (χ4v) is 3.17. The molecule has 3 heterocycles. The number of hydrogen-bond acceptors (Lipinski definition) is 3. The molecule has 1 saturated heterocycles. The fourth-order valence-electron chi connectivity index (χ4n) is 3.17. The first-order valence-corrected chi connectivity index (χ1v) is 7.43. The summed E-state index contributed by atoms with van der Waals surface area (Å²) in [6.07, 6.45) is 4.49. The summed E-state index contributed by atoms with van der Waals surface area (Å²) in [5.41, 5.74) is 2.76. The zero-order valence-electron chi connectivity index (χ0n) is 12.4. The number of rotatable bonds is 2. The Hall–Kier alpha value is -2.63. The largest absolute Gasteiger partial charge is 0.335 e. The summed E-state index contributed by atoms with van der Waals surface area (Å²) in [4.78, 5) is 18.9. The second kappa shape index (κ2) is 4.98. The second-order valence-electron chi connectivity index (χ2n) is 5.67. The van der Waals surface area contributed by atoms with E-state index in [9.17, 15) is 4.79 Å². The molecule has 0 N–H and O–H groups in total. The van der Waals surface area contributed by atoms with Crippen LogP contribution in [0.4, 0.5) is 0 Å². The van der Waals surface area contributed by atoms with E-state index in [4.69, 9.17) is 0 Å². The number of amides is 1. The molecule has 6 nitrogen and oxygen atoms in total. The number of fused-ring (bicyclic) bond motifs is 1. The number of imidazole rings is 1. The van der Waals surface area contributed by atoms with E-state index >= 15 is 0 Å². The minimum absolute atomic E-state index is 0.0481. The van der Waals surface area contributed by atoms with Crippen LogP contribution in [0.5, 0.6) is 0 Å². The zero-order valence-corrected chi connectivity index (χ0v) is 12.4. The first-order valence-electron chi connectivity index (χ1n) is 7.43. The first kappa shape index (κ1) is 13.1. The molecule has 6 heteroatoms. The molecule has 1 atom stereocenters. The average Bonchev–Trinajstić information content (AvgIpc) is 3.25. The lowest BCUT2D eigenvalue weighted by molar-refractivity contribution is 0.0777. The van der Waals surface area contributed by atoms with Crippen molar-refractivity contribution in [1.29, 1.82) is 0 Å². The van der Waals surface area contributed by atoms with E-state index < -0.39 is 0 Å². The molecule has 4 rings (SSSR count). The summed E-state index contributed by atoms with van der Waals surface area (Å²) >= 11 is 0. The Bertz CT molecular complexity index is 834. The number of aromatic nitrogens is 4. The van der Waals surface area contributed by atoms with Gasteiger partial charge in [0.15, 0.2) is 0 Å². The van der Waals surface area contributed by atoms with Gasteiger partial charge in [0.1, 0.15) is 5.69 Å². The van der Waals surface area contributed by atoms with Crippen LogP contribution < -0.4 is 0 Å². The lowest BCUT2D eigenvalue weighted by atomic mass is 10.2. The highest BCUT2D eigenvalue weighted by Gasteiger charge is 2.29. The molecule has 0 aliphatic carbocycles. The van der Waals surface area contributed by atoms with E-state index in [1.54, 1.807) is 24.0 Å². The maximum absolute atomic E-state index is 12.5. The monoisotopic (exact) mass is 295 g/mol. The van der Waals surface area contributed by atoms with Crippen LogP contribution >= 0.6 is 0 Å². The molecule has 1 fully saturated rings. The van der Waals surface area contributed by atoms with Gasteiger partial charge in [-0.05, 0) is 24.6 Å². The molecular formula is C16H17N5O. The van der Waals surface area contributed by atoms with Crippen molar-refractivity contribution in [2.45, 2.75) is 12.5 Å². The number of benzene rings is 1. The minimum atomic E-state index is 0.0481. The SMILES string of the molecule is Cn1nccc1C(=O)N1CCC(n2cnc3ccccc32)C1. The summed E-state index contributed by atoms with van der Waals surface area (Å²) in [5, 5.41) is 4.07. The third-order valence-corrected chi connectivity index (χ3v) is 4.37. The molecule has 0 spiro atoms. The summed E-state index contributed by atoms with van der Waals surface area (Å²) < 4.78 is 3.81. The molecule has 3 aromatic rings. The van der Waals surface area contributed by atoms with Crippen LogP contribution in [0, 0.1) is 0 Å². The van der Waals surface area contributed by atoms with Crippen molar-refractivity contribution in [2.75, 3.05) is 13.1 Å². The Morgan fingerprint density at radius 2 is 2.14 bits per heavy atom. The van der Waals surface area contributed by atoms with E-state index in [0.717, 1.165) is 24.0 Å². The van der Waals surface area contributed by atoms with Gasteiger partial charge in [0.2, 0.25) is 0 Å². The Balaban J connectivity index is 1.58. The van der Waals surface area contributed by atoms with Crippen molar-refractivity contribution in [1.82, 2.24) is 24.2 Å². The number of para-hydroxylation sites is 2. The lowest BCUT2D eigenvalue weighted by Crippen LogP contribution is -2.30. The molecule has 2 aromatic heterocycles. The van der Waals surface area contributed by atoms with Gasteiger partial charge in [-0.1, -0.05) is 12.1 Å². The van der Waals surface area contributed by atoms with Crippen molar-refractivity contribution in [2.24, 2.45) is 7.05 Å². The van der Waals surface area contributed by atoms with E-state index in [-0.39, 0.29) is 11.9 Å². The highest BCUT2D eigenvalue weighted by Crippen LogP contribution is 2.26. The molecule has 1 aliphatic heterocycles. The van der Waals surface area contributed by atoms with E-state index in [2.05, 4.69) is 20.7 Å². The van der Waals surface area contributed by atoms with Crippen molar-refractivity contribution in [3.05, 3.63) is 48.5 Å². The van der Waals surface area contributed by atoms with Crippen LogP contribution in [0.15, 0.2) is 42.9 Å². The molecule has 1 amide bonds. The minimum Gasteiger partial charge on any atom is -0.335 e. The van der Waals surface area contributed by atoms with E-state index in [1.165, 1.54) is 0 Å². The standard InChI is InChI=1S/C16H17N5O/c1-19-15(6-8-18-19)16(22)20-9-7-12(10-20)21-11-17-13-4-2-3-5-14(13)21/h2-6,8,11-12H,7,9-10H2,1H3. The van der Waals surface area contributed by atoms with Crippen LogP contribution in [-0.2, 0) is 7.05 Å². The van der Waals surface area contributed by atoms with Gasteiger partial charge in [0.05, 0.1) is 23.4 Å².